The van der Waals surface area contributed by atoms with Gasteiger partial charge in [0.1, 0.15) is 0 Å². The van der Waals surface area contributed by atoms with Crippen LogP contribution in [0.2, 0.25) is 0 Å². The van der Waals surface area contributed by atoms with Crippen molar-refractivity contribution in [3.05, 3.63) is 0 Å². The van der Waals surface area contributed by atoms with Crippen molar-refractivity contribution >= 4 is 15.9 Å². The summed E-state index contributed by atoms with van der Waals surface area (Å²) in [4.78, 5) is 11.7. The SMILES string of the molecule is CS(=O)(=O)NCCCNC(=O)C1CCC(C(F)(F)F)CN1. The lowest BCUT2D eigenvalue weighted by molar-refractivity contribution is -0.180. The second-order valence-corrected chi connectivity index (χ2v) is 6.92. The Morgan fingerprint density at radius 3 is 2.43 bits per heavy atom. The number of hydrogen-bond acceptors (Lipinski definition) is 4. The zero-order valence-corrected chi connectivity index (χ0v) is 12.5. The zero-order chi connectivity index (χ0) is 16.1. The van der Waals surface area contributed by atoms with E-state index in [1.807, 2.05) is 0 Å². The van der Waals surface area contributed by atoms with Crippen LogP contribution in [-0.4, -0.2) is 52.4 Å². The number of sulfonamides is 1. The molecule has 0 bridgehead atoms. The summed E-state index contributed by atoms with van der Waals surface area (Å²) in [7, 11) is -3.25. The number of hydrogen-bond donors (Lipinski definition) is 3. The van der Waals surface area contributed by atoms with Crippen LogP contribution in [0.5, 0.6) is 0 Å². The van der Waals surface area contributed by atoms with Gasteiger partial charge in [-0.25, -0.2) is 13.1 Å². The van der Waals surface area contributed by atoms with E-state index in [9.17, 15) is 26.4 Å². The molecule has 1 fully saturated rings. The predicted molar refractivity (Wildman–Crippen MR) is 71.0 cm³/mol. The third-order valence-electron chi connectivity index (χ3n) is 3.21. The van der Waals surface area contributed by atoms with Gasteiger partial charge < -0.3 is 10.6 Å². The molecule has 1 heterocycles. The molecule has 1 rings (SSSR count). The third-order valence-corrected chi connectivity index (χ3v) is 3.94. The number of amides is 1. The van der Waals surface area contributed by atoms with Gasteiger partial charge in [0.15, 0.2) is 0 Å². The van der Waals surface area contributed by atoms with Crippen LogP contribution in [0.4, 0.5) is 13.2 Å². The summed E-state index contributed by atoms with van der Waals surface area (Å²) < 4.78 is 61.2. The lowest BCUT2D eigenvalue weighted by Gasteiger charge is -2.30. The number of piperidine rings is 1. The first-order chi connectivity index (χ1) is 9.59. The topological polar surface area (TPSA) is 87.3 Å². The number of carbonyl (C=O) groups is 1. The van der Waals surface area contributed by atoms with Gasteiger partial charge in [-0.15, -0.1) is 0 Å². The molecule has 124 valence electrons. The molecule has 3 N–H and O–H groups in total. The molecule has 0 aromatic rings. The van der Waals surface area contributed by atoms with Gasteiger partial charge in [0.2, 0.25) is 15.9 Å². The lowest BCUT2D eigenvalue weighted by atomic mass is 9.94. The van der Waals surface area contributed by atoms with E-state index in [1.54, 1.807) is 0 Å². The highest BCUT2D eigenvalue weighted by Gasteiger charge is 2.42. The fraction of sp³-hybridized carbons (Fsp3) is 0.909. The Hall–Kier alpha value is -0.870. The van der Waals surface area contributed by atoms with Gasteiger partial charge in [-0.1, -0.05) is 0 Å². The second-order valence-electron chi connectivity index (χ2n) is 5.09. The Balaban J connectivity index is 2.20. The molecule has 2 unspecified atom stereocenters. The summed E-state index contributed by atoms with van der Waals surface area (Å²) in [5.41, 5.74) is 0. The molecule has 1 aliphatic rings. The lowest BCUT2D eigenvalue weighted by Crippen LogP contribution is -2.51. The summed E-state index contributed by atoms with van der Waals surface area (Å²) in [6.45, 7) is 0.215. The number of carbonyl (C=O) groups excluding carboxylic acids is 1. The van der Waals surface area contributed by atoms with Crippen LogP contribution in [0, 0.1) is 5.92 Å². The minimum Gasteiger partial charge on any atom is -0.355 e. The van der Waals surface area contributed by atoms with Crippen molar-refractivity contribution in [2.24, 2.45) is 5.92 Å². The van der Waals surface area contributed by atoms with Crippen LogP contribution in [0.15, 0.2) is 0 Å². The van der Waals surface area contributed by atoms with Crippen molar-refractivity contribution in [1.82, 2.24) is 15.4 Å². The van der Waals surface area contributed by atoms with E-state index in [0.717, 1.165) is 6.26 Å². The first-order valence-electron chi connectivity index (χ1n) is 6.62. The normalized spacial score (nSPS) is 23.8. The van der Waals surface area contributed by atoms with Gasteiger partial charge >= 0.3 is 6.18 Å². The number of halogens is 3. The summed E-state index contributed by atoms with van der Waals surface area (Å²) >= 11 is 0. The monoisotopic (exact) mass is 331 g/mol. The van der Waals surface area contributed by atoms with Gasteiger partial charge in [-0.2, -0.15) is 13.2 Å². The molecule has 0 radical (unpaired) electrons. The van der Waals surface area contributed by atoms with Crippen molar-refractivity contribution in [2.75, 3.05) is 25.9 Å². The molecule has 21 heavy (non-hydrogen) atoms. The molecule has 1 aliphatic heterocycles. The van der Waals surface area contributed by atoms with Crippen molar-refractivity contribution < 1.29 is 26.4 Å². The van der Waals surface area contributed by atoms with E-state index in [-0.39, 0.29) is 38.4 Å². The fourth-order valence-corrected chi connectivity index (χ4v) is 2.56. The quantitative estimate of drug-likeness (QED) is 0.597. The molecular formula is C11H20F3N3O3S. The highest BCUT2D eigenvalue weighted by atomic mass is 32.2. The van der Waals surface area contributed by atoms with Crippen molar-refractivity contribution in [2.45, 2.75) is 31.5 Å². The van der Waals surface area contributed by atoms with Gasteiger partial charge in [0.05, 0.1) is 18.2 Å². The van der Waals surface area contributed by atoms with Crippen LogP contribution in [0.3, 0.4) is 0 Å². The fourth-order valence-electron chi connectivity index (χ4n) is 2.04. The number of rotatable bonds is 6. The molecule has 0 aromatic carbocycles. The van der Waals surface area contributed by atoms with E-state index in [4.69, 9.17) is 0 Å². The van der Waals surface area contributed by atoms with Crippen LogP contribution in [-0.2, 0) is 14.8 Å². The van der Waals surface area contributed by atoms with Crippen LogP contribution in [0.25, 0.3) is 0 Å². The number of alkyl halides is 3. The minimum atomic E-state index is -4.23. The summed E-state index contributed by atoms with van der Waals surface area (Å²) in [5, 5.41) is 5.17. The Morgan fingerprint density at radius 2 is 1.95 bits per heavy atom. The second kappa shape index (κ2) is 7.41. The summed E-state index contributed by atoms with van der Waals surface area (Å²) in [5.74, 6) is -1.75. The Labute approximate surface area is 121 Å². The largest absolute Gasteiger partial charge is 0.393 e. The molecule has 2 atom stereocenters. The maximum atomic E-state index is 12.5. The summed E-state index contributed by atoms with van der Waals surface area (Å²) in [6.07, 6.45) is -2.71. The molecule has 0 saturated carbocycles. The van der Waals surface area contributed by atoms with E-state index in [0.29, 0.717) is 6.42 Å². The molecule has 10 heteroatoms. The molecule has 0 aliphatic carbocycles. The van der Waals surface area contributed by atoms with Gasteiger partial charge in [-0.3, -0.25) is 4.79 Å². The third kappa shape index (κ3) is 7.09. The Morgan fingerprint density at radius 1 is 1.29 bits per heavy atom. The van der Waals surface area contributed by atoms with Gasteiger partial charge in [0, 0.05) is 19.6 Å². The van der Waals surface area contributed by atoms with Crippen molar-refractivity contribution in [3.8, 4) is 0 Å². The highest BCUT2D eigenvalue weighted by Crippen LogP contribution is 2.31. The molecular weight excluding hydrogens is 311 g/mol. The Kier molecular flexibility index (Phi) is 6.41. The van der Waals surface area contributed by atoms with Crippen molar-refractivity contribution in [3.63, 3.8) is 0 Å². The summed E-state index contributed by atoms with van der Waals surface area (Å²) in [6, 6.07) is -0.619. The average molecular weight is 331 g/mol. The van der Waals surface area contributed by atoms with Crippen LogP contribution >= 0.6 is 0 Å². The molecule has 0 spiro atoms. The van der Waals surface area contributed by atoms with E-state index >= 15 is 0 Å². The smallest absolute Gasteiger partial charge is 0.355 e. The number of nitrogens with one attached hydrogen (secondary N) is 3. The maximum Gasteiger partial charge on any atom is 0.393 e. The zero-order valence-electron chi connectivity index (χ0n) is 11.7. The molecule has 0 aromatic heterocycles. The van der Waals surface area contributed by atoms with Gasteiger partial charge in [0.25, 0.3) is 0 Å². The van der Waals surface area contributed by atoms with Crippen LogP contribution < -0.4 is 15.4 Å². The first kappa shape index (κ1) is 18.2. The maximum absolute atomic E-state index is 12.5. The molecule has 1 saturated heterocycles. The standard InChI is InChI=1S/C11H20F3N3O3S/c1-21(19,20)17-6-2-5-15-10(18)9-4-3-8(7-16-9)11(12,13)14/h8-9,16-17H,2-7H2,1H3,(H,15,18). The van der Waals surface area contributed by atoms with Gasteiger partial charge in [-0.05, 0) is 19.3 Å². The molecule has 1 amide bonds. The average Bonchev–Trinajstić information content (AvgIpc) is 2.36. The van der Waals surface area contributed by atoms with Crippen LogP contribution in [0.1, 0.15) is 19.3 Å². The van der Waals surface area contributed by atoms with E-state index < -0.39 is 28.2 Å². The van der Waals surface area contributed by atoms with E-state index in [1.165, 1.54) is 0 Å². The highest BCUT2D eigenvalue weighted by molar-refractivity contribution is 7.88. The van der Waals surface area contributed by atoms with E-state index in [2.05, 4.69) is 15.4 Å². The first-order valence-corrected chi connectivity index (χ1v) is 8.51. The van der Waals surface area contributed by atoms with Crippen molar-refractivity contribution in [1.29, 1.82) is 0 Å². The predicted octanol–water partition coefficient (Wildman–Crippen LogP) is -0.0276. The Bertz CT molecular complexity index is 445. The molecule has 6 nitrogen and oxygen atoms in total. The minimum absolute atomic E-state index is 0.0653.